The van der Waals surface area contributed by atoms with Gasteiger partial charge in [0, 0.05) is 36.8 Å². The number of anilines is 1. The smallest absolute Gasteiger partial charge is 0.341 e. The number of carboxylic acid groups (broad SMARTS) is 1. The fourth-order valence-corrected chi connectivity index (χ4v) is 6.27. The summed E-state index contributed by atoms with van der Waals surface area (Å²) in [5.41, 5.74) is 5.76. The average Bonchev–Trinajstić information content (AvgIpc) is 3.50. The normalized spacial score (nSPS) is 30.5. The monoisotopic (exact) mass is 434 g/mol. The van der Waals surface area contributed by atoms with Gasteiger partial charge in [0.25, 0.3) is 0 Å². The Kier molecular flexibility index (Phi) is 3.91. The van der Waals surface area contributed by atoms with E-state index in [4.69, 9.17) is 5.73 Å². The molecule has 1 aromatic carbocycles. The summed E-state index contributed by atoms with van der Waals surface area (Å²) in [6, 6.07) is 3.28. The number of benzene rings is 1. The molecule has 4 atom stereocenters. The second kappa shape index (κ2) is 6.42. The largest absolute Gasteiger partial charge is 0.477 e. The van der Waals surface area contributed by atoms with Gasteiger partial charge < -0.3 is 20.3 Å². The van der Waals surface area contributed by atoms with Crippen LogP contribution in [0, 0.1) is 34.9 Å². The molecule has 5 aliphatic rings. The molecule has 1 aliphatic heterocycles. The maximum atomic E-state index is 15.5. The van der Waals surface area contributed by atoms with Gasteiger partial charge in [-0.2, -0.15) is 5.26 Å². The van der Waals surface area contributed by atoms with Gasteiger partial charge in [0.15, 0.2) is 0 Å². The zero-order valence-electron chi connectivity index (χ0n) is 17.4. The van der Waals surface area contributed by atoms with Gasteiger partial charge in [-0.05, 0) is 43.6 Å². The third kappa shape index (κ3) is 2.54. The first-order valence-electron chi connectivity index (χ1n) is 11.1. The predicted octanol–water partition coefficient (Wildman–Crippen LogP) is 2.78. The quantitative estimate of drug-likeness (QED) is 0.719. The van der Waals surface area contributed by atoms with Gasteiger partial charge in [-0.25, -0.2) is 9.18 Å². The molecule has 1 aromatic heterocycles. The lowest BCUT2D eigenvalue weighted by Gasteiger charge is -2.47. The molecule has 4 unspecified atom stereocenters. The van der Waals surface area contributed by atoms with Crippen LogP contribution in [-0.2, 0) is 0 Å². The first kappa shape index (κ1) is 19.5. The van der Waals surface area contributed by atoms with Crippen LogP contribution < -0.4 is 16.1 Å². The number of pyridine rings is 1. The number of fused-ring (bicyclic) bond motifs is 2. The van der Waals surface area contributed by atoms with E-state index in [9.17, 15) is 20.0 Å². The Hall–Kier alpha value is -3.18. The van der Waals surface area contributed by atoms with E-state index in [-0.39, 0.29) is 28.6 Å². The number of nitriles is 1. The third-order valence-corrected chi connectivity index (χ3v) is 8.01. The topological polar surface area (TPSA) is 112 Å². The van der Waals surface area contributed by atoms with E-state index < -0.39 is 28.3 Å². The molecule has 0 spiro atoms. The molecule has 7 rings (SSSR count). The molecule has 1 saturated heterocycles. The molecule has 4 aliphatic carbocycles. The number of aromatic nitrogens is 1. The van der Waals surface area contributed by atoms with E-state index >= 15 is 4.39 Å². The van der Waals surface area contributed by atoms with E-state index in [1.54, 1.807) is 4.57 Å². The van der Waals surface area contributed by atoms with Crippen molar-refractivity contribution in [3.63, 3.8) is 0 Å². The van der Waals surface area contributed by atoms with Gasteiger partial charge in [0.2, 0.25) is 5.43 Å². The number of nitrogens with two attached hydrogens (primary N) is 1. The van der Waals surface area contributed by atoms with Crippen molar-refractivity contribution in [2.75, 3.05) is 18.0 Å². The highest BCUT2D eigenvalue weighted by molar-refractivity contribution is 5.96. The van der Waals surface area contributed by atoms with E-state index in [1.807, 2.05) is 4.90 Å². The molecule has 2 aromatic rings. The minimum absolute atomic E-state index is 0.00938. The summed E-state index contributed by atoms with van der Waals surface area (Å²) in [6.07, 6.45) is 9.19. The summed E-state index contributed by atoms with van der Waals surface area (Å²) >= 11 is 0. The second-order valence-electron chi connectivity index (χ2n) is 9.75. The first-order chi connectivity index (χ1) is 15.3. The number of rotatable bonds is 3. The highest BCUT2D eigenvalue weighted by Crippen LogP contribution is 2.51. The number of aromatic carboxylic acids is 1. The second-order valence-corrected chi connectivity index (χ2v) is 9.75. The number of allylic oxidation sites excluding steroid dienone is 1. The summed E-state index contributed by atoms with van der Waals surface area (Å²) in [4.78, 5) is 26.4. The Labute approximate surface area is 183 Å². The Morgan fingerprint density at radius 3 is 2.69 bits per heavy atom. The minimum Gasteiger partial charge on any atom is -0.477 e. The molecule has 8 heteroatoms. The molecular formula is C24H23FN4O3. The molecule has 164 valence electrons. The first-order valence-corrected chi connectivity index (χ1v) is 11.1. The highest BCUT2D eigenvalue weighted by Gasteiger charge is 2.53. The fraction of sp³-hybridized carbons (Fsp3) is 0.458. The van der Waals surface area contributed by atoms with Crippen molar-refractivity contribution in [3.8, 4) is 6.07 Å². The van der Waals surface area contributed by atoms with E-state index in [2.05, 4.69) is 18.2 Å². The van der Waals surface area contributed by atoms with Crippen molar-refractivity contribution in [3.05, 3.63) is 51.6 Å². The summed E-state index contributed by atoms with van der Waals surface area (Å²) in [5.74, 6) is -1.12. The van der Waals surface area contributed by atoms with Crippen LogP contribution in [0.25, 0.3) is 10.9 Å². The number of carbonyl (C=O) groups is 1. The van der Waals surface area contributed by atoms with Crippen LogP contribution in [0.1, 0.15) is 47.6 Å². The zero-order chi connectivity index (χ0) is 22.4. The van der Waals surface area contributed by atoms with Crippen LogP contribution in [0.15, 0.2) is 29.2 Å². The van der Waals surface area contributed by atoms with E-state index in [0.717, 1.165) is 31.7 Å². The lowest BCUT2D eigenvalue weighted by molar-refractivity contribution is 0.0695. The van der Waals surface area contributed by atoms with Crippen LogP contribution in [0.4, 0.5) is 10.1 Å². The number of nitrogens with zero attached hydrogens (tertiary/aromatic N) is 3. The zero-order valence-corrected chi connectivity index (χ0v) is 17.4. The van der Waals surface area contributed by atoms with Gasteiger partial charge in [0.1, 0.15) is 23.0 Å². The Balaban J connectivity index is 1.55. The molecule has 3 fully saturated rings. The van der Waals surface area contributed by atoms with Crippen molar-refractivity contribution in [1.82, 2.24) is 4.57 Å². The third-order valence-electron chi connectivity index (χ3n) is 8.01. The van der Waals surface area contributed by atoms with Crippen LogP contribution >= 0.6 is 0 Å². The molecule has 2 bridgehead atoms. The lowest BCUT2D eigenvalue weighted by atomic mass is 9.60. The maximum Gasteiger partial charge on any atom is 0.341 e. The SMILES string of the molecule is N#Cc1c(N2CC3C4C=CC(N)(CC4)C3C2)c(F)cc2c(=O)c(C(=O)O)cn(C3CC3)c12. The average molecular weight is 434 g/mol. The van der Waals surface area contributed by atoms with Crippen molar-refractivity contribution < 1.29 is 14.3 Å². The van der Waals surface area contributed by atoms with Gasteiger partial charge in [-0.15, -0.1) is 0 Å². The Morgan fingerprint density at radius 2 is 2.09 bits per heavy atom. The van der Waals surface area contributed by atoms with E-state index in [1.165, 1.54) is 6.20 Å². The molecular weight excluding hydrogens is 411 g/mol. The summed E-state index contributed by atoms with van der Waals surface area (Å²) in [6.45, 7) is 1.16. The maximum absolute atomic E-state index is 15.5. The number of carboxylic acids is 1. The van der Waals surface area contributed by atoms with Crippen LogP contribution in [0.3, 0.4) is 0 Å². The van der Waals surface area contributed by atoms with Crippen molar-refractivity contribution in [2.45, 2.75) is 37.3 Å². The molecule has 2 saturated carbocycles. The van der Waals surface area contributed by atoms with Crippen LogP contribution in [-0.4, -0.2) is 34.3 Å². The molecule has 7 nitrogen and oxygen atoms in total. The van der Waals surface area contributed by atoms with Gasteiger partial charge in [0.05, 0.1) is 16.6 Å². The van der Waals surface area contributed by atoms with Gasteiger partial charge in [-0.1, -0.05) is 12.2 Å². The fourth-order valence-electron chi connectivity index (χ4n) is 6.27. The van der Waals surface area contributed by atoms with Gasteiger partial charge >= 0.3 is 5.97 Å². The number of hydrogen-bond donors (Lipinski definition) is 2. The van der Waals surface area contributed by atoms with Crippen molar-refractivity contribution >= 4 is 22.6 Å². The molecule has 0 amide bonds. The molecule has 0 radical (unpaired) electrons. The summed E-state index contributed by atoms with van der Waals surface area (Å²) in [5, 5.41) is 19.5. The highest BCUT2D eigenvalue weighted by atomic mass is 19.1. The summed E-state index contributed by atoms with van der Waals surface area (Å²) < 4.78 is 17.2. The lowest BCUT2D eigenvalue weighted by Crippen LogP contribution is -2.55. The number of hydrogen-bond acceptors (Lipinski definition) is 5. The Morgan fingerprint density at radius 1 is 1.31 bits per heavy atom. The Bertz CT molecular complexity index is 1320. The predicted molar refractivity (Wildman–Crippen MR) is 116 cm³/mol. The molecule has 2 heterocycles. The number of halogens is 1. The van der Waals surface area contributed by atoms with Crippen molar-refractivity contribution in [2.24, 2.45) is 23.5 Å². The van der Waals surface area contributed by atoms with Crippen LogP contribution in [0.2, 0.25) is 0 Å². The van der Waals surface area contributed by atoms with Crippen LogP contribution in [0.5, 0.6) is 0 Å². The van der Waals surface area contributed by atoms with Gasteiger partial charge in [-0.3, -0.25) is 4.79 Å². The van der Waals surface area contributed by atoms with Crippen molar-refractivity contribution in [1.29, 1.82) is 5.26 Å². The molecule has 32 heavy (non-hydrogen) atoms. The standard InChI is InChI=1S/C24H23FN4O3/c25-19-7-14-20(29(13-1-2-13)10-17(22(14)30)23(31)32)15(8-26)21(19)28-9-16-12-3-5-24(27,6-4-12)18(16)11-28/h3,5,7,10,12-13,16,18H,1-2,4,6,9,11,27H2,(H,31,32). The molecule has 3 N–H and O–H groups in total. The minimum atomic E-state index is -1.35. The van der Waals surface area contributed by atoms with E-state index in [0.29, 0.717) is 30.4 Å². The summed E-state index contributed by atoms with van der Waals surface area (Å²) in [7, 11) is 0.